The van der Waals surface area contributed by atoms with Crippen molar-refractivity contribution in [1.29, 1.82) is 0 Å². The van der Waals surface area contributed by atoms with Gasteiger partial charge in [-0.3, -0.25) is 14.4 Å². The fourth-order valence-corrected chi connectivity index (χ4v) is 3.24. The average Bonchev–Trinajstić information content (AvgIpc) is 2.74. The minimum atomic E-state index is -1.30. The van der Waals surface area contributed by atoms with Crippen LogP contribution in [-0.2, 0) is 16.1 Å². The molecule has 2 aromatic rings. The number of nitrogens with two attached hydrogens (primary N) is 1. The van der Waals surface area contributed by atoms with Crippen LogP contribution in [0.1, 0.15) is 23.7 Å². The number of aliphatic carboxylic acids is 2. The summed E-state index contributed by atoms with van der Waals surface area (Å²) >= 11 is 0. The molecule has 0 amide bonds. The van der Waals surface area contributed by atoms with E-state index in [2.05, 4.69) is 5.32 Å². The van der Waals surface area contributed by atoms with E-state index < -0.39 is 41.6 Å². The number of carbonyl (C=O) groups is 3. The van der Waals surface area contributed by atoms with Crippen LogP contribution in [0.15, 0.2) is 23.1 Å². The van der Waals surface area contributed by atoms with Crippen molar-refractivity contribution < 1.29 is 34.1 Å². The van der Waals surface area contributed by atoms with Crippen molar-refractivity contribution in [1.82, 2.24) is 9.88 Å². The number of rotatable bonds is 6. The molecule has 0 saturated carbocycles. The van der Waals surface area contributed by atoms with Gasteiger partial charge in [0.1, 0.15) is 17.4 Å². The molecule has 0 radical (unpaired) electrons. The minimum absolute atomic E-state index is 0.100. The number of aryl methyl sites for hydroxylation is 1. The molecule has 1 aromatic carbocycles. The summed E-state index contributed by atoms with van der Waals surface area (Å²) in [7, 11) is 0. The van der Waals surface area contributed by atoms with Gasteiger partial charge in [-0.2, -0.15) is 0 Å². The molecule has 3 rings (SSSR count). The number of anilines is 1. The van der Waals surface area contributed by atoms with E-state index in [1.807, 2.05) is 11.8 Å². The van der Waals surface area contributed by atoms with Gasteiger partial charge >= 0.3 is 17.9 Å². The molecular weight excluding hydrogens is 427 g/mol. The van der Waals surface area contributed by atoms with Crippen molar-refractivity contribution in [3.05, 3.63) is 39.9 Å². The second-order valence-corrected chi connectivity index (χ2v) is 7.06. The standard InChI is InChI=1S/C16H18FN3O3.C4H7NO4/c1-2-19-9-11(16(22)23)15(21)10-7-12(17)14(8-13(10)19)20-5-3-18-4-6-20;5-2(4(8)9)1-3(6)7/h7-9,18H,2-6H2,1H3,(H,22,23);2H,1,5H2,(H,6,7)(H,8,9). The highest BCUT2D eigenvalue weighted by Crippen LogP contribution is 2.25. The Bertz CT molecular complexity index is 1080. The number of carboxylic acid groups (broad SMARTS) is 3. The van der Waals surface area contributed by atoms with Gasteiger partial charge in [0.2, 0.25) is 5.43 Å². The van der Waals surface area contributed by atoms with Crippen LogP contribution in [0.3, 0.4) is 0 Å². The normalized spacial score (nSPS) is 14.4. The molecule has 1 aromatic heterocycles. The highest BCUT2D eigenvalue weighted by Gasteiger charge is 2.20. The van der Waals surface area contributed by atoms with E-state index in [0.29, 0.717) is 30.8 Å². The van der Waals surface area contributed by atoms with Crippen molar-refractivity contribution in [3.8, 4) is 0 Å². The number of pyridine rings is 1. The molecule has 1 fully saturated rings. The van der Waals surface area contributed by atoms with Crippen LogP contribution in [0.5, 0.6) is 0 Å². The Morgan fingerprint density at radius 2 is 1.81 bits per heavy atom. The zero-order valence-electron chi connectivity index (χ0n) is 17.4. The summed E-state index contributed by atoms with van der Waals surface area (Å²) in [5.41, 5.74) is 4.85. The van der Waals surface area contributed by atoms with Crippen molar-refractivity contribution in [2.75, 3.05) is 31.1 Å². The van der Waals surface area contributed by atoms with Crippen LogP contribution in [0.4, 0.5) is 10.1 Å². The first-order valence-electron chi connectivity index (χ1n) is 9.82. The number of nitrogens with zero attached hydrogens (tertiary/aromatic N) is 2. The smallest absolute Gasteiger partial charge is 0.341 e. The molecule has 174 valence electrons. The molecule has 32 heavy (non-hydrogen) atoms. The van der Waals surface area contributed by atoms with Crippen LogP contribution < -0.4 is 21.4 Å². The predicted octanol–water partition coefficient (Wildman–Crippen LogP) is 0.141. The van der Waals surface area contributed by atoms with E-state index in [9.17, 15) is 23.6 Å². The fraction of sp³-hybridized carbons (Fsp3) is 0.400. The zero-order chi connectivity index (χ0) is 24.0. The highest BCUT2D eigenvalue weighted by molar-refractivity contribution is 5.93. The third kappa shape index (κ3) is 5.80. The second-order valence-electron chi connectivity index (χ2n) is 7.06. The number of nitrogens with one attached hydrogen (secondary N) is 1. The van der Waals surface area contributed by atoms with Crippen LogP contribution in [0.2, 0.25) is 0 Å². The Hall–Kier alpha value is -3.51. The average molecular weight is 452 g/mol. The lowest BCUT2D eigenvalue weighted by atomic mass is 10.1. The van der Waals surface area contributed by atoms with E-state index in [1.54, 1.807) is 10.6 Å². The SMILES string of the molecule is CCn1cc(C(=O)O)c(=O)c2cc(F)c(N3CCNCC3)cc21.NC(CC(=O)O)C(=O)O. The zero-order valence-corrected chi connectivity index (χ0v) is 17.4. The first-order valence-corrected chi connectivity index (χ1v) is 9.82. The number of aromatic nitrogens is 1. The van der Waals surface area contributed by atoms with Crippen molar-refractivity contribution >= 4 is 34.5 Å². The van der Waals surface area contributed by atoms with Gasteiger partial charge in [-0.15, -0.1) is 0 Å². The third-order valence-electron chi connectivity index (χ3n) is 4.89. The van der Waals surface area contributed by atoms with Crippen LogP contribution >= 0.6 is 0 Å². The summed E-state index contributed by atoms with van der Waals surface area (Å²) in [5, 5.41) is 28.5. The Morgan fingerprint density at radius 3 is 2.28 bits per heavy atom. The van der Waals surface area contributed by atoms with Crippen LogP contribution in [0.25, 0.3) is 10.9 Å². The van der Waals surface area contributed by atoms with E-state index in [0.717, 1.165) is 19.2 Å². The van der Waals surface area contributed by atoms with E-state index in [-0.39, 0.29) is 10.9 Å². The maximum atomic E-state index is 14.5. The predicted molar refractivity (Wildman–Crippen MR) is 114 cm³/mol. The number of aromatic carboxylic acids is 1. The molecule has 6 N–H and O–H groups in total. The lowest BCUT2D eigenvalue weighted by molar-refractivity contribution is -0.144. The maximum absolute atomic E-state index is 14.5. The van der Waals surface area contributed by atoms with Gasteiger partial charge < -0.3 is 35.8 Å². The van der Waals surface area contributed by atoms with E-state index >= 15 is 0 Å². The minimum Gasteiger partial charge on any atom is -0.481 e. The molecule has 0 aliphatic carbocycles. The molecule has 0 spiro atoms. The summed E-state index contributed by atoms with van der Waals surface area (Å²) in [6.45, 7) is 5.26. The first kappa shape index (κ1) is 24.8. The van der Waals surface area contributed by atoms with Gasteiger partial charge in [-0.25, -0.2) is 9.18 Å². The van der Waals surface area contributed by atoms with E-state index in [4.69, 9.17) is 21.1 Å². The molecule has 1 unspecified atom stereocenters. The van der Waals surface area contributed by atoms with Crippen LogP contribution in [0, 0.1) is 5.82 Å². The summed E-state index contributed by atoms with van der Waals surface area (Å²) in [5.74, 6) is -4.30. The van der Waals surface area contributed by atoms with Crippen molar-refractivity contribution in [3.63, 3.8) is 0 Å². The van der Waals surface area contributed by atoms with Crippen molar-refractivity contribution in [2.24, 2.45) is 5.73 Å². The fourth-order valence-electron chi connectivity index (χ4n) is 3.24. The Labute approximate surface area is 181 Å². The van der Waals surface area contributed by atoms with Gasteiger partial charge in [0.25, 0.3) is 0 Å². The molecular formula is C20H25FN4O7. The first-order chi connectivity index (χ1) is 15.1. The summed E-state index contributed by atoms with van der Waals surface area (Å²) in [6.07, 6.45) is 0.793. The Kier molecular flexibility index (Phi) is 8.27. The topological polar surface area (TPSA) is 175 Å². The molecule has 1 aliphatic heterocycles. The summed E-state index contributed by atoms with van der Waals surface area (Å²) in [6, 6.07) is 1.52. The summed E-state index contributed by atoms with van der Waals surface area (Å²) in [4.78, 5) is 45.1. The number of hydrogen-bond acceptors (Lipinski definition) is 7. The molecule has 1 aliphatic rings. The maximum Gasteiger partial charge on any atom is 0.341 e. The monoisotopic (exact) mass is 452 g/mol. The molecule has 2 heterocycles. The third-order valence-corrected chi connectivity index (χ3v) is 4.89. The highest BCUT2D eigenvalue weighted by atomic mass is 19.1. The number of piperazine rings is 1. The van der Waals surface area contributed by atoms with Gasteiger partial charge in [0.15, 0.2) is 0 Å². The van der Waals surface area contributed by atoms with Gasteiger partial charge in [-0.05, 0) is 19.1 Å². The van der Waals surface area contributed by atoms with Crippen molar-refractivity contribution in [2.45, 2.75) is 25.9 Å². The molecule has 11 nitrogen and oxygen atoms in total. The van der Waals surface area contributed by atoms with Gasteiger partial charge in [0.05, 0.1) is 17.6 Å². The second kappa shape index (κ2) is 10.7. The molecule has 1 saturated heterocycles. The Morgan fingerprint density at radius 1 is 1.19 bits per heavy atom. The Balaban J connectivity index is 0.000000344. The van der Waals surface area contributed by atoms with E-state index in [1.165, 1.54) is 6.20 Å². The van der Waals surface area contributed by atoms with Gasteiger partial charge in [0, 0.05) is 44.3 Å². The van der Waals surface area contributed by atoms with Crippen LogP contribution in [-0.4, -0.2) is 70.0 Å². The quantitative estimate of drug-likeness (QED) is 0.405. The lowest BCUT2D eigenvalue weighted by Gasteiger charge is -2.30. The largest absolute Gasteiger partial charge is 0.481 e. The lowest BCUT2D eigenvalue weighted by Crippen LogP contribution is -2.43. The molecule has 0 bridgehead atoms. The number of benzene rings is 1. The number of hydrogen-bond donors (Lipinski definition) is 5. The number of halogens is 1. The summed E-state index contributed by atoms with van der Waals surface area (Å²) < 4.78 is 16.2. The number of fused-ring (bicyclic) bond motifs is 1. The van der Waals surface area contributed by atoms with Gasteiger partial charge in [-0.1, -0.05) is 0 Å². The number of carboxylic acids is 3. The molecule has 1 atom stereocenters. The molecule has 12 heteroatoms.